The van der Waals surface area contributed by atoms with Crippen LogP contribution in [-0.4, -0.2) is 12.6 Å². The predicted molar refractivity (Wildman–Crippen MR) is 108 cm³/mol. The molecule has 1 aromatic carbocycles. The number of hydrogen-bond acceptors (Lipinski definition) is 5. The summed E-state index contributed by atoms with van der Waals surface area (Å²) in [5.74, 6) is 0.938. The van der Waals surface area contributed by atoms with E-state index in [9.17, 15) is 0 Å². The lowest BCUT2D eigenvalue weighted by molar-refractivity contribution is 0.340. The van der Waals surface area contributed by atoms with Gasteiger partial charge in [-0.25, -0.2) is 0 Å². The third kappa shape index (κ3) is 3.24. The molecule has 1 aliphatic carbocycles. The molecule has 1 aromatic heterocycles. The monoisotopic (exact) mass is 374 g/mol. The van der Waals surface area contributed by atoms with E-state index in [1.165, 1.54) is 58.5 Å². The Morgan fingerprint density at radius 3 is 2.76 bits per heavy atom. The number of nitrogens with one attached hydrogen (secondary N) is 1. The van der Waals surface area contributed by atoms with Gasteiger partial charge in [-0.2, -0.15) is 0 Å². The molecule has 4 rings (SSSR count). The molecule has 0 saturated heterocycles. The van der Waals surface area contributed by atoms with E-state index in [0.717, 1.165) is 5.75 Å². The van der Waals surface area contributed by atoms with Crippen LogP contribution < -0.4 is 14.7 Å². The Balaban J connectivity index is 1.85. The summed E-state index contributed by atoms with van der Waals surface area (Å²) >= 11 is 0. The summed E-state index contributed by atoms with van der Waals surface area (Å²) in [4.78, 5) is 6.59. The molecule has 1 N–H and O–H groups in total. The van der Waals surface area contributed by atoms with E-state index in [4.69, 9.17) is 9.73 Å². The molecule has 2 aliphatic rings. The first-order valence-electron chi connectivity index (χ1n) is 9.31. The summed E-state index contributed by atoms with van der Waals surface area (Å²) in [5, 5.41) is 3.70. The quantitative estimate of drug-likeness (QED) is 0.692. The molecular formula is C20H26N2OS2. The van der Waals surface area contributed by atoms with E-state index in [1.54, 1.807) is 0 Å². The third-order valence-electron chi connectivity index (χ3n) is 5.11. The van der Waals surface area contributed by atoms with Gasteiger partial charge < -0.3 is 10.1 Å². The molecule has 0 spiro atoms. The molecular weight excluding hydrogens is 348 g/mol. The van der Waals surface area contributed by atoms with Gasteiger partial charge in [-0.1, -0.05) is 39.9 Å². The zero-order valence-corrected chi connectivity index (χ0v) is 16.9. The van der Waals surface area contributed by atoms with Crippen molar-refractivity contribution < 1.29 is 4.74 Å². The Morgan fingerprint density at radius 2 is 2.00 bits per heavy atom. The highest BCUT2D eigenvalue weighted by Gasteiger charge is 2.34. The minimum Gasteiger partial charge on any atom is -0.494 e. The molecule has 134 valence electrons. The van der Waals surface area contributed by atoms with Gasteiger partial charge in [0, 0.05) is 16.8 Å². The SMILES string of the molecule is CCOc1ccc2c(c1)-c1c(ssc1=NC1CCCCC1)C(C)(C)N2. The van der Waals surface area contributed by atoms with E-state index in [2.05, 4.69) is 37.4 Å². The first-order chi connectivity index (χ1) is 12.1. The zero-order chi connectivity index (χ0) is 17.4. The topological polar surface area (TPSA) is 33.6 Å². The molecule has 3 nitrogen and oxygen atoms in total. The van der Waals surface area contributed by atoms with E-state index < -0.39 is 0 Å². The van der Waals surface area contributed by atoms with E-state index >= 15 is 0 Å². The standard InChI is InChI=1S/C20H26N2OS2/c1-4-23-14-10-11-16-15(12-14)17-18(20(2,3)22-16)24-25-19(17)21-13-8-6-5-7-9-13/h10-13,22H,4-9H2,1-3H3. The highest BCUT2D eigenvalue weighted by atomic mass is 32.9. The normalized spacial score (nSPS) is 19.9. The summed E-state index contributed by atoms with van der Waals surface area (Å²) in [6.45, 7) is 7.25. The molecule has 0 bridgehead atoms. The van der Waals surface area contributed by atoms with Crippen LogP contribution in [0.1, 0.15) is 57.8 Å². The average molecular weight is 375 g/mol. The Morgan fingerprint density at radius 1 is 1.20 bits per heavy atom. The number of ether oxygens (including phenoxy) is 1. The number of rotatable bonds is 3. The second-order valence-electron chi connectivity index (χ2n) is 7.49. The predicted octanol–water partition coefficient (Wildman–Crippen LogP) is 5.77. The molecule has 0 unspecified atom stereocenters. The average Bonchev–Trinajstić information content (AvgIpc) is 3.02. The van der Waals surface area contributed by atoms with Crippen LogP contribution in [0.5, 0.6) is 5.75 Å². The molecule has 0 atom stereocenters. The maximum absolute atomic E-state index is 5.75. The molecule has 1 aliphatic heterocycles. The van der Waals surface area contributed by atoms with Crippen LogP contribution in [-0.2, 0) is 5.54 Å². The van der Waals surface area contributed by atoms with Crippen LogP contribution in [0.15, 0.2) is 23.2 Å². The van der Waals surface area contributed by atoms with Crippen molar-refractivity contribution in [1.29, 1.82) is 0 Å². The fourth-order valence-corrected chi connectivity index (χ4v) is 6.87. The number of anilines is 1. The fourth-order valence-electron chi connectivity index (χ4n) is 3.87. The highest BCUT2D eigenvalue weighted by molar-refractivity contribution is 7.68. The highest BCUT2D eigenvalue weighted by Crippen LogP contribution is 2.46. The Bertz CT molecular complexity index is 828. The minimum absolute atomic E-state index is 0.0586. The third-order valence-corrected chi connectivity index (χ3v) is 7.76. The first kappa shape index (κ1) is 17.1. The lowest BCUT2D eigenvalue weighted by Crippen LogP contribution is -2.32. The van der Waals surface area contributed by atoms with Crippen LogP contribution in [0, 0.1) is 0 Å². The fraction of sp³-hybridized carbons (Fsp3) is 0.550. The van der Waals surface area contributed by atoms with Crippen molar-refractivity contribution in [3.05, 3.63) is 27.7 Å². The summed E-state index contributed by atoms with van der Waals surface area (Å²) < 4.78 is 6.97. The molecule has 2 heterocycles. The molecule has 2 aromatic rings. The van der Waals surface area contributed by atoms with Crippen molar-refractivity contribution in [2.75, 3.05) is 11.9 Å². The van der Waals surface area contributed by atoms with Crippen molar-refractivity contribution in [2.24, 2.45) is 4.99 Å². The zero-order valence-electron chi connectivity index (χ0n) is 15.2. The second kappa shape index (κ2) is 6.76. The van der Waals surface area contributed by atoms with E-state index in [-0.39, 0.29) is 5.54 Å². The lowest BCUT2D eigenvalue weighted by atomic mass is 9.89. The molecule has 5 heteroatoms. The van der Waals surface area contributed by atoms with Gasteiger partial charge in [-0.05, 0) is 51.8 Å². The smallest absolute Gasteiger partial charge is 0.130 e. The van der Waals surface area contributed by atoms with Crippen molar-refractivity contribution in [3.8, 4) is 16.9 Å². The van der Waals surface area contributed by atoms with Crippen molar-refractivity contribution in [2.45, 2.75) is 64.5 Å². The maximum atomic E-state index is 5.75. The summed E-state index contributed by atoms with van der Waals surface area (Å²) in [6, 6.07) is 6.89. The van der Waals surface area contributed by atoms with Gasteiger partial charge in [0.25, 0.3) is 0 Å². The first-order valence-corrected chi connectivity index (χ1v) is 11.5. The van der Waals surface area contributed by atoms with Crippen molar-refractivity contribution in [3.63, 3.8) is 0 Å². The molecule has 1 saturated carbocycles. The Hall–Kier alpha value is -1.33. The number of fused-ring (bicyclic) bond motifs is 3. The van der Waals surface area contributed by atoms with Crippen LogP contribution >= 0.6 is 20.7 Å². The molecule has 0 amide bonds. The Kier molecular flexibility index (Phi) is 4.63. The largest absolute Gasteiger partial charge is 0.494 e. The molecule has 25 heavy (non-hydrogen) atoms. The lowest BCUT2D eigenvalue weighted by Gasteiger charge is -2.33. The van der Waals surface area contributed by atoms with Gasteiger partial charge in [0.15, 0.2) is 0 Å². The van der Waals surface area contributed by atoms with Crippen LogP contribution in [0.4, 0.5) is 5.69 Å². The molecule has 0 radical (unpaired) electrons. The van der Waals surface area contributed by atoms with Crippen molar-refractivity contribution >= 4 is 26.4 Å². The van der Waals surface area contributed by atoms with Crippen LogP contribution in [0.2, 0.25) is 0 Å². The summed E-state index contributed by atoms with van der Waals surface area (Å²) in [7, 11) is 3.71. The number of hydrogen-bond donors (Lipinski definition) is 1. The summed E-state index contributed by atoms with van der Waals surface area (Å²) in [6.07, 6.45) is 6.50. The van der Waals surface area contributed by atoms with Gasteiger partial charge in [-0.3, -0.25) is 4.99 Å². The number of benzene rings is 1. The van der Waals surface area contributed by atoms with Gasteiger partial charge in [0.2, 0.25) is 0 Å². The minimum atomic E-state index is -0.0586. The number of nitrogens with zero attached hydrogens (tertiary/aromatic N) is 1. The van der Waals surface area contributed by atoms with Gasteiger partial charge in [-0.15, -0.1) is 0 Å². The van der Waals surface area contributed by atoms with Gasteiger partial charge in [0.05, 0.1) is 23.1 Å². The van der Waals surface area contributed by atoms with Gasteiger partial charge in [0.1, 0.15) is 10.4 Å². The van der Waals surface area contributed by atoms with Gasteiger partial charge >= 0.3 is 0 Å². The maximum Gasteiger partial charge on any atom is 0.130 e. The van der Waals surface area contributed by atoms with E-state index in [1.807, 2.05) is 27.6 Å². The molecule has 1 fully saturated rings. The van der Waals surface area contributed by atoms with Crippen LogP contribution in [0.25, 0.3) is 11.1 Å². The van der Waals surface area contributed by atoms with Crippen molar-refractivity contribution in [1.82, 2.24) is 0 Å². The van der Waals surface area contributed by atoms with Crippen LogP contribution in [0.3, 0.4) is 0 Å². The Labute approximate surface area is 157 Å². The summed E-state index contributed by atoms with van der Waals surface area (Å²) in [5.41, 5.74) is 3.71. The second-order valence-corrected chi connectivity index (χ2v) is 9.62. The van der Waals surface area contributed by atoms with E-state index in [0.29, 0.717) is 12.6 Å².